The van der Waals surface area contributed by atoms with Crippen LogP contribution in [0.3, 0.4) is 0 Å². The Labute approximate surface area is 209 Å². The summed E-state index contributed by atoms with van der Waals surface area (Å²) in [5.74, 6) is 0.955. The van der Waals surface area contributed by atoms with Gasteiger partial charge in [0.2, 0.25) is 0 Å². The van der Waals surface area contributed by atoms with Crippen LogP contribution < -0.4 is 5.69 Å². The third-order valence-corrected chi connectivity index (χ3v) is 7.31. The fourth-order valence-electron chi connectivity index (χ4n) is 5.35. The number of nitrogens with zero attached hydrogens (tertiary/aromatic N) is 6. The number of Topliss-reactive ketones (excluding diaryl/α,β-unsaturated/α-hetero) is 1. The lowest BCUT2D eigenvalue weighted by Crippen LogP contribution is -2.26. The topological polar surface area (TPSA) is 111 Å². The van der Waals surface area contributed by atoms with E-state index in [1.165, 1.54) is 0 Å². The van der Waals surface area contributed by atoms with Gasteiger partial charge < -0.3 is 0 Å². The second-order valence-corrected chi connectivity index (χ2v) is 9.56. The van der Waals surface area contributed by atoms with Gasteiger partial charge in [-0.25, -0.2) is 9.89 Å². The van der Waals surface area contributed by atoms with Crippen molar-refractivity contribution in [3.8, 4) is 22.5 Å². The van der Waals surface area contributed by atoms with Crippen LogP contribution in [-0.2, 0) is 17.8 Å². The Morgan fingerprint density at radius 2 is 1.89 bits per heavy atom. The number of aromatic nitrogens is 7. The normalized spacial score (nSPS) is 18.9. The van der Waals surface area contributed by atoms with E-state index in [2.05, 4.69) is 39.5 Å². The van der Waals surface area contributed by atoms with Crippen molar-refractivity contribution >= 4 is 5.78 Å². The Morgan fingerprint density at radius 1 is 1.11 bits per heavy atom. The van der Waals surface area contributed by atoms with Gasteiger partial charge in [-0.3, -0.25) is 18.9 Å². The molecule has 3 aromatic heterocycles. The molecule has 9 heteroatoms. The summed E-state index contributed by atoms with van der Waals surface area (Å²) in [5, 5.41) is 14.0. The maximum absolute atomic E-state index is 13.7. The summed E-state index contributed by atoms with van der Waals surface area (Å²) in [6, 6.07) is 9.93. The summed E-state index contributed by atoms with van der Waals surface area (Å²) >= 11 is 0. The summed E-state index contributed by atoms with van der Waals surface area (Å²) in [6.07, 6.45) is 9.35. The second kappa shape index (κ2) is 10.0. The van der Waals surface area contributed by atoms with Crippen molar-refractivity contribution in [2.24, 2.45) is 11.8 Å². The smallest absolute Gasteiger partial charge is 0.300 e. The Kier molecular flexibility index (Phi) is 6.63. The van der Waals surface area contributed by atoms with Crippen molar-refractivity contribution in [2.75, 3.05) is 0 Å². The number of carbonyl (C=O) groups is 1. The molecule has 0 amide bonds. The van der Waals surface area contributed by atoms with Gasteiger partial charge in [-0.2, -0.15) is 0 Å². The number of nitrogens with one attached hydrogen (secondary N) is 1. The molecular weight excluding hydrogens is 454 g/mol. The lowest BCUT2D eigenvalue weighted by atomic mass is 10.00. The van der Waals surface area contributed by atoms with Crippen LogP contribution >= 0.6 is 0 Å². The lowest BCUT2D eigenvalue weighted by molar-refractivity contribution is -0.118. The van der Waals surface area contributed by atoms with Crippen molar-refractivity contribution < 1.29 is 4.79 Å². The zero-order chi connectivity index (χ0) is 25.2. The van der Waals surface area contributed by atoms with Crippen LogP contribution in [0.25, 0.3) is 22.5 Å². The van der Waals surface area contributed by atoms with E-state index < -0.39 is 0 Å². The summed E-state index contributed by atoms with van der Waals surface area (Å²) in [4.78, 5) is 30.2. The van der Waals surface area contributed by atoms with E-state index in [1.807, 2.05) is 51.9 Å². The van der Waals surface area contributed by atoms with Gasteiger partial charge in [0.05, 0.1) is 12.6 Å². The highest BCUT2D eigenvalue weighted by molar-refractivity contribution is 5.82. The van der Waals surface area contributed by atoms with Crippen LogP contribution in [0.5, 0.6) is 0 Å². The number of tetrazole rings is 1. The van der Waals surface area contributed by atoms with Crippen LogP contribution in [0, 0.1) is 11.8 Å². The van der Waals surface area contributed by atoms with E-state index >= 15 is 0 Å². The maximum Gasteiger partial charge on any atom is 0.328 e. The molecule has 1 saturated carbocycles. The third kappa shape index (κ3) is 4.41. The van der Waals surface area contributed by atoms with Gasteiger partial charge in [-0.15, -0.1) is 5.10 Å². The molecule has 3 heterocycles. The van der Waals surface area contributed by atoms with Crippen LogP contribution in [0.4, 0.5) is 0 Å². The lowest BCUT2D eigenvalue weighted by Gasteiger charge is -2.12. The van der Waals surface area contributed by atoms with Crippen LogP contribution in [-0.4, -0.2) is 40.5 Å². The number of benzene rings is 1. The van der Waals surface area contributed by atoms with Gasteiger partial charge in [-0.1, -0.05) is 51.0 Å². The minimum atomic E-state index is -0.0606. The standard InChI is InChI=1S/C27H31N7O2/c1-4-6-7-21-16-34(25-22(5-2)24(25)17(3)35)27(36)33(21)15-20-14-28-13-12-23(20)18-8-10-19(11-9-18)26-29-31-32-30-26/h8-14,16,22,24-25H,4-7,15H2,1-3H3,(H,29,30,31,32). The molecule has 4 aromatic rings. The second-order valence-electron chi connectivity index (χ2n) is 9.56. The third-order valence-electron chi connectivity index (χ3n) is 7.31. The Balaban J connectivity index is 1.49. The molecule has 1 fully saturated rings. The van der Waals surface area contributed by atoms with E-state index in [-0.39, 0.29) is 29.4 Å². The van der Waals surface area contributed by atoms with Crippen molar-refractivity contribution in [3.05, 3.63) is 70.7 Å². The van der Waals surface area contributed by atoms with E-state index in [1.54, 1.807) is 13.1 Å². The average molecular weight is 486 g/mol. The average Bonchev–Trinajstić information content (AvgIpc) is 3.21. The molecular formula is C27H31N7O2. The van der Waals surface area contributed by atoms with Crippen molar-refractivity contribution in [3.63, 3.8) is 0 Å². The van der Waals surface area contributed by atoms with Gasteiger partial charge in [0.15, 0.2) is 5.82 Å². The van der Waals surface area contributed by atoms with Crippen LogP contribution in [0.15, 0.2) is 53.7 Å². The Morgan fingerprint density at radius 3 is 2.53 bits per heavy atom. The Bertz CT molecular complexity index is 1400. The molecule has 3 unspecified atom stereocenters. The zero-order valence-electron chi connectivity index (χ0n) is 20.9. The van der Waals surface area contributed by atoms with Gasteiger partial charge in [0.25, 0.3) is 0 Å². The molecule has 0 bridgehead atoms. The number of pyridine rings is 1. The largest absolute Gasteiger partial charge is 0.328 e. The number of hydrogen-bond acceptors (Lipinski definition) is 6. The number of imidazole rings is 1. The molecule has 0 aliphatic heterocycles. The molecule has 0 spiro atoms. The highest BCUT2D eigenvalue weighted by atomic mass is 16.2. The number of H-pyrrole nitrogens is 1. The molecule has 3 atom stereocenters. The van der Waals surface area contributed by atoms with E-state index in [0.717, 1.165) is 53.6 Å². The summed E-state index contributed by atoms with van der Waals surface area (Å²) in [5.41, 5.74) is 4.87. The first-order chi connectivity index (χ1) is 17.5. The van der Waals surface area contributed by atoms with Gasteiger partial charge in [0.1, 0.15) is 5.78 Å². The molecule has 1 aliphatic carbocycles. The number of ketones is 1. The fraction of sp³-hybridized carbons (Fsp3) is 0.407. The van der Waals surface area contributed by atoms with Gasteiger partial charge in [0, 0.05) is 35.8 Å². The number of aromatic amines is 1. The summed E-state index contributed by atoms with van der Waals surface area (Å²) in [6.45, 7) is 6.30. The number of hydrogen-bond donors (Lipinski definition) is 1. The first kappa shape index (κ1) is 23.8. The summed E-state index contributed by atoms with van der Waals surface area (Å²) in [7, 11) is 0. The Hall–Kier alpha value is -3.88. The first-order valence-corrected chi connectivity index (χ1v) is 12.6. The molecule has 0 saturated heterocycles. The number of aryl methyl sites for hydroxylation is 1. The SMILES string of the molecule is CCCCc1cn(C2C(CC)C2C(C)=O)c(=O)n1Cc1cnccc1-c1ccc(-c2nnn[nH]2)cc1. The van der Waals surface area contributed by atoms with Crippen molar-refractivity contribution in [1.29, 1.82) is 0 Å². The van der Waals surface area contributed by atoms with E-state index in [4.69, 9.17) is 0 Å². The number of unbranched alkanes of at least 4 members (excludes halogenated alkanes) is 1. The highest BCUT2D eigenvalue weighted by Gasteiger charge is 2.53. The first-order valence-electron chi connectivity index (χ1n) is 12.6. The van der Waals surface area contributed by atoms with Crippen LogP contribution in [0.1, 0.15) is 57.3 Å². The van der Waals surface area contributed by atoms with Gasteiger partial charge >= 0.3 is 5.69 Å². The minimum Gasteiger partial charge on any atom is -0.300 e. The molecule has 0 radical (unpaired) electrons. The summed E-state index contributed by atoms with van der Waals surface area (Å²) < 4.78 is 3.69. The molecule has 9 nitrogen and oxygen atoms in total. The minimum absolute atomic E-state index is 0.0341. The molecule has 5 rings (SSSR count). The molecule has 186 valence electrons. The predicted molar refractivity (Wildman–Crippen MR) is 136 cm³/mol. The van der Waals surface area contributed by atoms with E-state index in [0.29, 0.717) is 12.4 Å². The molecule has 1 N–H and O–H groups in total. The number of carbonyl (C=O) groups excluding carboxylic acids is 1. The zero-order valence-corrected chi connectivity index (χ0v) is 20.9. The highest BCUT2D eigenvalue weighted by Crippen LogP contribution is 2.52. The quantitative estimate of drug-likeness (QED) is 0.362. The van der Waals surface area contributed by atoms with Crippen molar-refractivity contribution in [2.45, 2.75) is 59.0 Å². The van der Waals surface area contributed by atoms with Crippen LogP contribution in [0.2, 0.25) is 0 Å². The van der Waals surface area contributed by atoms with Crippen molar-refractivity contribution in [1.82, 2.24) is 34.7 Å². The van der Waals surface area contributed by atoms with E-state index in [9.17, 15) is 9.59 Å². The van der Waals surface area contributed by atoms with Gasteiger partial charge in [-0.05, 0) is 58.9 Å². The number of rotatable bonds is 10. The monoisotopic (exact) mass is 485 g/mol. The molecule has 1 aliphatic rings. The maximum atomic E-state index is 13.7. The molecule has 36 heavy (non-hydrogen) atoms. The predicted octanol–water partition coefficient (Wildman–Crippen LogP) is 4.07. The fourth-order valence-corrected chi connectivity index (χ4v) is 5.35. The molecule has 1 aromatic carbocycles.